The molecule has 2 nitrogen and oxygen atoms in total. The summed E-state index contributed by atoms with van der Waals surface area (Å²) >= 11 is 0. The van der Waals surface area contributed by atoms with Gasteiger partial charge in [-0.25, -0.2) is 0 Å². The van der Waals surface area contributed by atoms with Crippen molar-refractivity contribution in [3.05, 3.63) is 42.1 Å². The number of rotatable bonds is 2. The summed E-state index contributed by atoms with van der Waals surface area (Å²) in [4.78, 5) is 10.2. The standard InChI is InChI=1S/C12H11NO/c1-13-7-6-11-5-4-10(3-2-8-14)9-12(11)13/h2-9H,1H3/b3-2+. The Morgan fingerprint density at radius 2 is 2.14 bits per heavy atom. The van der Waals surface area contributed by atoms with E-state index in [1.165, 1.54) is 17.0 Å². The molecule has 1 aromatic carbocycles. The third kappa shape index (κ3) is 1.46. The number of allylic oxidation sites excluding steroid dienone is 1. The van der Waals surface area contributed by atoms with Crippen molar-refractivity contribution in [2.75, 3.05) is 0 Å². The highest BCUT2D eigenvalue weighted by atomic mass is 16.1. The highest BCUT2D eigenvalue weighted by Crippen LogP contribution is 2.17. The average Bonchev–Trinajstić information content (AvgIpc) is 2.57. The highest BCUT2D eigenvalue weighted by molar-refractivity contribution is 5.84. The largest absolute Gasteiger partial charge is 0.351 e. The van der Waals surface area contributed by atoms with Crippen LogP contribution >= 0.6 is 0 Å². The van der Waals surface area contributed by atoms with Gasteiger partial charge in [0.2, 0.25) is 0 Å². The second-order valence-electron chi connectivity index (χ2n) is 3.24. The van der Waals surface area contributed by atoms with Crippen LogP contribution in [0.25, 0.3) is 17.0 Å². The number of benzene rings is 1. The Labute approximate surface area is 82.5 Å². The lowest BCUT2D eigenvalue weighted by Gasteiger charge is -1.97. The van der Waals surface area contributed by atoms with Crippen molar-refractivity contribution in [1.82, 2.24) is 4.57 Å². The molecule has 0 unspecified atom stereocenters. The van der Waals surface area contributed by atoms with Gasteiger partial charge in [-0.05, 0) is 29.2 Å². The summed E-state index contributed by atoms with van der Waals surface area (Å²) in [5.74, 6) is 0. The number of aldehydes is 1. The molecule has 0 aliphatic rings. The molecule has 2 heteroatoms. The van der Waals surface area contributed by atoms with Crippen LogP contribution in [0.15, 0.2) is 36.5 Å². The van der Waals surface area contributed by atoms with Gasteiger partial charge in [0, 0.05) is 18.8 Å². The second kappa shape index (κ2) is 3.50. The normalized spacial score (nSPS) is 11.2. The lowest BCUT2D eigenvalue weighted by molar-refractivity contribution is -0.104. The molecule has 1 heterocycles. The van der Waals surface area contributed by atoms with Crippen molar-refractivity contribution in [3.63, 3.8) is 0 Å². The predicted octanol–water partition coefficient (Wildman–Crippen LogP) is 2.39. The van der Waals surface area contributed by atoms with Crippen molar-refractivity contribution in [1.29, 1.82) is 0 Å². The Balaban J connectivity index is 2.54. The van der Waals surface area contributed by atoms with Gasteiger partial charge < -0.3 is 4.57 Å². The van der Waals surface area contributed by atoms with Gasteiger partial charge in [0.25, 0.3) is 0 Å². The minimum Gasteiger partial charge on any atom is -0.351 e. The average molecular weight is 185 g/mol. The molecule has 0 fully saturated rings. The summed E-state index contributed by atoms with van der Waals surface area (Å²) in [7, 11) is 2.01. The van der Waals surface area contributed by atoms with E-state index >= 15 is 0 Å². The van der Waals surface area contributed by atoms with Gasteiger partial charge in [-0.2, -0.15) is 0 Å². The van der Waals surface area contributed by atoms with Crippen LogP contribution in [-0.2, 0) is 11.8 Å². The number of nitrogens with zero attached hydrogens (tertiary/aromatic N) is 1. The smallest absolute Gasteiger partial charge is 0.142 e. The topological polar surface area (TPSA) is 22.0 Å². The van der Waals surface area contributed by atoms with Crippen LogP contribution < -0.4 is 0 Å². The van der Waals surface area contributed by atoms with E-state index in [0.717, 1.165) is 11.8 Å². The van der Waals surface area contributed by atoms with E-state index in [-0.39, 0.29) is 0 Å². The molecule has 0 atom stereocenters. The lowest BCUT2D eigenvalue weighted by Crippen LogP contribution is -1.83. The molecule has 0 bridgehead atoms. The first-order valence-electron chi connectivity index (χ1n) is 4.48. The fourth-order valence-corrected chi connectivity index (χ4v) is 1.53. The number of aryl methyl sites for hydroxylation is 1. The van der Waals surface area contributed by atoms with Gasteiger partial charge >= 0.3 is 0 Å². The van der Waals surface area contributed by atoms with Crippen molar-refractivity contribution in [2.45, 2.75) is 0 Å². The highest BCUT2D eigenvalue weighted by Gasteiger charge is 1.97. The van der Waals surface area contributed by atoms with E-state index in [0.29, 0.717) is 0 Å². The number of hydrogen-bond acceptors (Lipinski definition) is 1. The summed E-state index contributed by atoms with van der Waals surface area (Å²) in [5.41, 5.74) is 2.23. The molecular formula is C12H11NO. The van der Waals surface area contributed by atoms with Gasteiger partial charge in [-0.15, -0.1) is 0 Å². The fraction of sp³-hybridized carbons (Fsp3) is 0.0833. The summed E-state index contributed by atoms with van der Waals surface area (Å²) in [6, 6.07) is 8.19. The van der Waals surface area contributed by atoms with Gasteiger partial charge in [0.05, 0.1) is 0 Å². The lowest BCUT2D eigenvalue weighted by atomic mass is 10.1. The molecule has 0 aliphatic heterocycles. The van der Waals surface area contributed by atoms with Gasteiger partial charge in [-0.1, -0.05) is 18.2 Å². The van der Waals surface area contributed by atoms with E-state index in [2.05, 4.69) is 22.8 Å². The first kappa shape index (κ1) is 8.75. The molecule has 1 aromatic heterocycles. The maximum absolute atomic E-state index is 10.2. The molecule has 2 aromatic rings. The molecule has 0 radical (unpaired) electrons. The Morgan fingerprint density at radius 3 is 2.93 bits per heavy atom. The molecule has 0 aliphatic carbocycles. The van der Waals surface area contributed by atoms with Crippen LogP contribution in [0.4, 0.5) is 0 Å². The molecule has 70 valence electrons. The molecule has 0 amide bonds. The van der Waals surface area contributed by atoms with Crippen molar-refractivity contribution < 1.29 is 4.79 Å². The van der Waals surface area contributed by atoms with Crippen LogP contribution in [0, 0.1) is 0 Å². The van der Waals surface area contributed by atoms with E-state index in [9.17, 15) is 4.79 Å². The Morgan fingerprint density at radius 1 is 1.29 bits per heavy atom. The van der Waals surface area contributed by atoms with Crippen LogP contribution in [0.2, 0.25) is 0 Å². The molecule has 2 rings (SSSR count). The maximum Gasteiger partial charge on any atom is 0.142 e. The van der Waals surface area contributed by atoms with Gasteiger partial charge in [0.15, 0.2) is 0 Å². The molecule has 0 saturated carbocycles. The molecule has 0 N–H and O–H groups in total. The van der Waals surface area contributed by atoms with Gasteiger partial charge in [0.1, 0.15) is 6.29 Å². The van der Waals surface area contributed by atoms with Crippen LogP contribution in [0.5, 0.6) is 0 Å². The van der Waals surface area contributed by atoms with E-state index in [4.69, 9.17) is 0 Å². The van der Waals surface area contributed by atoms with E-state index in [1.54, 1.807) is 6.08 Å². The number of aromatic nitrogens is 1. The first-order valence-corrected chi connectivity index (χ1v) is 4.48. The van der Waals surface area contributed by atoms with E-state index < -0.39 is 0 Å². The zero-order valence-corrected chi connectivity index (χ0v) is 7.97. The minimum absolute atomic E-state index is 0.787. The third-order valence-corrected chi connectivity index (χ3v) is 2.28. The van der Waals surface area contributed by atoms with Crippen molar-refractivity contribution in [3.8, 4) is 0 Å². The Bertz CT molecular complexity index is 494. The number of carbonyl (C=O) groups excluding carboxylic acids is 1. The van der Waals surface area contributed by atoms with Crippen molar-refractivity contribution >= 4 is 23.3 Å². The first-order chi connectivity index (χ1) is 6.81. The van der Waals surface area contributed by atoms with E-state index in [1.807, 2.05) is 19.3 Å². The molecule has 0 spiro atoms. The summed E-state index contributed by atoms with van der Waals surface area (Å²) in [6.07, 6.45) is 6.12. The zero-order valence-electron chi connectivity index (χ0n) is 7.97. The Hall–Kier alpha value is -1.83. The van der Waals surface area contributed by atoms with Crippen LogP contribution in [0.1, 0.15) is 5.56 Å². The summed E-state index contributed by atoms with van der Waals surface area (Å²) in [5, 5.41) is 1.22. The zero-order chi connectivity index (χ0) is 9.97. The van der Waals surface area contributed by atoms with Gasteiger partial charge in [-0.3, -0.25) is 4.79 Å². The second-order valence-corrected chi connectivity index (χ2v) is 3.24. The third-order valence-electron chi connectivity index (χ3n) is 2.28. The molecule has 0 saturated heterocycles. The van der Waals surface area contributed by atoms with Crippen molar-refractivity contribution in [2.24, 2.45) is 7.05 Å². The minimum atomic E-state index is 0.787. The molecular weight excluding hydrogens is 174 g/mol. The SMILES string of the molecule is Cn1ccc2ccc(/C=C/C=O)cc21. The number of hydrogen-bond donors (Lipinski definition) is 0. The van der Waals surface area contributed by atoms with Crippen LogP contribution in [-0.4, -0.2) is 10.9 Å². The predicted molar refractivity (Wildman–Crippen MR) is 58.0 cm³/mol. The fourth-order valence-electron chi connectivity index (χ4n) is 1.53. The molecule has 14 heavy (non-hydrogen) atoms. The Kier molecular flexibility index (Phi) is 2.19. The number of carbonyl (C=O) groups is 1. The maximum atomic E-state index is 10.2. The summed E-state index contributed by atoms with van der Waals surface area (Å²) in [6.45, 7) is 0. The number of fused-ring (bicyclic) bond motifs is 1. The summed E-state index contributed by atoms with van der Waals surface area (Å²) < 4.78 is 2.06. The quantitative estimate of drug-likeness (QED) is 0.520. The van der Waals surface area contributed by atoms with Crippen LogP contribution in [0.3, 0.4) is 0 Å². The monoisotopic (exact) mass is 185 g/mol.